The first-order chi connectivity index (χ1) is 8.79. The lowest BCUT2D eigenvalue weighted by Crippen LogP contribution is -2.13. The SMILES string of the molecule is [CH2]C1CCC(c2ncc(CCCCC)cn2)CC1. The van der Waals surface area contributed by atoms with Gasteiger partial charge in [-0.3, -0.25) is 0 Å². The summed E-state index contributed by atoms with van der Waals surface area (Å²) >= 11 is 0. The zero-order valence-electron chi connectivity index (χ0n) is 11.6. The summed E-state index contributed by atoms with van der Waals surface area (Å²) < 4.78 is 0. The molecule has 99 valence electrons. The molecule has 0 bridgehead atoms. The number of aromatic nitrogens is 2. The Morgan fingerprint density at radius 2 is 1.78 bits per heavy atom. The molecule has 1 heterocycles. The van der Waals surface area contributed by atoms with E-state index in [1.165, 1.54) is 50.5 Å². The van der Waals surface area contributed by atoms with Crippen molar-refractivity contribution in [3.8, 4) is 0 Å². The van der Waals surface area contributed by atoms with Crippen LogP contribution in [0.3, 0.4) is 0 Å². The van der Waals surface area contributed by atoms with E-state index in [9.17, 15) is 0 Å². The molecule has 1 aliphatic carbocycles. The molecule has 1 aliphatic rings. The molecule has 1 radical (unpaired) electrons. The van der Waals surface area contributed by atoms with Gasteiger partial charge in [-0.1, -0.05) is 26.7 Å². The predicted octanol–water partition coefficient (Wildman–Crippen LogP) is 4.32. The van der Waals surface area contributed by atoms with Crippen LogP contribution in [-0.4, -0.2) is 9.97 Å². The first kappa shape index (κ1) is 13.5. The molecule has 0 spiro atoms. The Labute approximate surface area is 111 Å². The number of rotatable bonds is 5. The van der Waals surface area contributed by atoms with Crippen LogP contribution < -0.4 is 0 Å². The fraction of sp³-hybridized carbons (Fsp3) is 0.688. The van der Waals surface area contributed by atoms with E-state index in [1.54, 1.807) is 0 Å². The van der Waals surface area contributed by atoms with E-state index < -0.39 is 0 Å². The highest BCUT2D eigenvalue weighted by Crippen LogP contribution is 2.33. The van der Waals surface area contributed by atoms with Crippen LogP contribution in [0, 0.1) is 12.8 Å². The minimum Gasteiger partial charge on any atom is -0.241 e. The number of unbranched alkanes of at least 4 members (excludes halogenated alkanes) is 2. The van der Waals surface area contributed by atoms with Crippen molar-refractivity contribution >= 4 is 0 Å². The molecule has 0 atom stereocenters. The minimum absolute atomic E-state index is 0.577. The molecule has 0 aromatic carbocycles. The third-order valence-electron chi connectivity index (χ3n) is 4.01. The van der Waals surface area contributed by atoms with Crippen LogP contribution in [0.1, 0.15) is 69.2 Å². The Hall–Kier alpha value is -0.920. The quantitative estimate of drug-likeness (QED) is 0.722. The molecule has 18 heavy (non-hydrogen) atoms. The van der Waals surface area contributed by atoms with E-state index in [0.29, 0.717) is 11.8 Å². The average Bonchev–Trinajstić information content (AvgIpc) is 2.41. The van der Waals surface area contributed by atoms with Gasteiger partial charge >= 0.3 is 0 Å². The molecule has 0 N–H and O–H groups in total. The van der Waals surface area contributed by atoms with Gasteiger partial charge in [0.2, 0.25) is 0 Å². The summed E-state index contributed by atoms with van der Waals surface area (Å²) in [5.74, 6) is 2.28. The summed E-state index contributed by atoms with van der Waals surface area (Å²) in [6.07, 6.45) is 13.9. The standard InChI is InChI=1S/C16H25N2/c1-3-4-5-6-14-11-17-16(18-12-14)15-9-7-13(2)8-10-15/h11-13,15H,2-10H2,1H3. The van der Waals surface area contributed by atoms with Crippen molar-refractivity contribution in [3.63, 3.8) is 0 Å². The lowest BCUT2D eigenvalue weighted by molar-refractivity contribution is 0.363. The summed E-state index contributed by atoms with van der Waals surface area (Å²) in [6, 6.07) is 0. The van der Waals surface area contributed by atoms with Gasteiger partial charge in [-0.05, 0) is 50.0 Å². The number of aryl methyl sites for hydroxylation is 1. The zero-order chi connectivity index (χ0) is 12.8. The second-order valence-corrected chi connectivity index (χ2v) is 5.62. The number of nitrogens with zero attached hydrogens (tertiary/aromatic N) is 2. The molecule has 2 nitrogen and oxygen atoms in total. The van der Waals surface area contributed by atoms with E-state index in [4.69, 9.17) is 0 Å². The summed E-state index contributed by atoms with van der Waals surface area (Å²) in [4.78, 5) is 9.15. The maximum atomic E-state index is 4.57. The van der Waals surface area contributed by atoms with Crippen molar-refractivity contribution in [2.45, 2.75) is 64.2 Å². The Morgan fingerprint density at radius 1 is 1.11 bits per heavy atom. The molecular weight excluding hydrogens is 220 g/mol. The Balaban J connectivity index is 1.87. The van der Waals surface area contributed by atoms with Gasteiger partial charge in [0, 0.05) is 18.3 Å². The van der Waals surface area contributed by atoms with Crippen LogP contribution in [-0.2, 0) is 6.42 Å². The highest BCUT2D eigenvalue weighted by Gasteiger charge is 2.21. The number of hydrogen-bond donors (Lipinski definition) is 0. The van der Waals surface area contributed by atoms with Crippen molar-refractivity contribution in [1.82, 2.24) is 9.97 Å². The van der Waals surface area contributed by atoms with E-state index in [-0.39, 0.29) is 0 Å². The van der Waals surface area contributed by atoms with Crippen LogP contribution in [0.5, 0.6) is 0 Å². The lowest BCUT2D eigenvalue weighted by atomic mass is 9.82. The van der Waals surface area contributed by atoms with Gasteiger partial charge in [0.15, 0.2) is 0 Å². The summed E-state index contributed by atoms with van der Waals surface area (Å²) in [7, 11) is 0. The summed E-state index contributed by atoms with van der Waals surface area (Å²) in [5.41, 5.74) is 1.29. The third-order valence-corrected chi connectivity index (χ3v) is 4.01. The second-order valence-electron chi connectivity index (χ2n) is 5.62. The molecule has 0 amide bonds. The van der Waals surface area contributed by atoms with Gasteiger partial charge in [0.25, 0.3) is 0 Å². The van der Waals surface area contributed by atoms with Crippen LogP contribution >= 0.6 is 0 Å². The smallest absolute Gasteiger partial charge is 0.131 e. The molecule has 1 fully saturated rings. The first-order valence-corrected chi connectivity index (χ1v) is 7.43. The van der Waals surface area contributed by atoms with Crippen LogP contribution in [0.15, 0.2) is 12.4 Å². The fourth-order valence-corrected chi connectivity index (χ4v) is 2.70. The molecule has 1 aromatic heterocycles. The van der Waals surface area contributed by atoms with Crippen LogP contribution in [0.4, 0.5) is 0 Å². The largest absolute Gasteiger partial charge is 0.241 e. The summed E-state index contributed by atoms with van der Waals surface area (Å²) in [6.45, 7) is 6.38. The third kappa shape index (κ3) is 3.79. The van der Waals surface area contributed by atoms with Crippen molar-refractivity contribution in [1.29, 1.82) is 0 Å². The van der Waals surface area contributed by atoms with Crippen molar-refractivity contribution in [2.75, 3.05) is 0 Å². The summed E-state index contributed by atoms with van der Waals surface area (Å²) in [5, 5.41) is 0. The van der Waals surface area contributed by atoms with Gasteiger partial charge in [-0.2, -0.15) is 0 Å². The van der Waals surface area contributed by atoms with Crippen molar-refractivity contribution in [3.05, 3.63) is 30.7 Å². The second kappa shape index (κ2) is 6.86. The van der Waals surface area contributed by atoms with Crippen LogP contribution in [0.25, 0.3) is 0 Å². The number of hydrogen-bond acceptors (Lipinski definition) is 2. The van der Waals surface area contributed by atoms with Crippen LogP contribution in [0.2, 0.25) is 0 Å². The zero-order valence-corrected chi connectivity index (χ0v) is 11.6. The maximum Gasteiger partial charge on any atom is 0.131 e. The van der Waals surface area contributed by atoms with Gasteiger partial charge in [-0.25, -0.2) is 9.97 Å². The average molecular weight is 245 g/mol. The molecule has 2 rings (SSSR count). The highest BCUT2D eigenvalue weighted by atomic mass is 14.9. The molecule has 0 unspecified atom stereocenters. The Kier molecular flexibility index (Phi) is 5.15. The highest BCUT2D eigenvalue weighted by molar-refractivity contribution is 5.08. The first-order valence-electron chi connectivity index (χ1n) is 7.43. The normalized spacial score (nSPS) is 24.1. The topological polar surface area (TPSA) is 25.8 Å². The molecule has 0 saturated heterocycles. The van der Waals surface area contributed by atoms with E-state index in [2.05, 4.69) is 23.8 Å². The lowest BCUT2D eigenvalue weighted by Gasteiger charge is -2.24. The Bertz CT molecular complexity index is 337. The molecule has 0 aliphatic heterocycles. The minimum atomic E-state index is 0.577. The van der Waals surface area contributed by atoms with E-state index >= 15 is 0 Å². The van der Waals surface area contributed by atoms with Crippen molar-refractivity contribution < 1.29 is 0 Å². The van der Waals surface area contributed by atoms with E-state index in [0.717, 1.165) is 12.2 Å². The van der Waals surface area contributed by atoms with Gasteiger partial charge < -0.3 is 0 Å². The predicted molar refractivity (Wildman–Crippen MR) is 75.3 cm³/mol. The monoisotopic (exact) mass is 245 g/mol. The van der Waals surface area contributed by atoms with E-state index in [1.807, 2.05) is 12.4 Å². The maximum absolute atomic E-state index is 4.57. The molecule has 2 heteroatoms. The molecule has 1 aromatic rings. The molecule has 1 saturated carbocycles. The van der Waals surface area contributed by atoms with Gasteiger partial charge in [0.05, 0.1) is 0 Å². The van der Waals surface area contributed by atoms with Crippen molar-refractivity contribution in [2.24, 2.45) is 5.92 Å². The fourth-order valence-electron chi connectivity index (χ4n) is 2.70. The Morgan fingerprint density at radius 3 is 2.39 bits per heavy atom. The molecular formula is C16H25N2. The van der Waals surface area contributed by atoms with Gasteiger partial charge in [-0.15, -0.1) is 0 Å². The van der Waals surface area contributed by atoms with Gasteiger partial charge in [0.1, 0.15) is 5.82 Å².